The van der Waals surface area contributed by atoms with Crippen LogP contribution in [0.25, 0.3) is 0 Å². The van der Waals surface area contributed by atoms with Crippen molar-refractivity contribution in [3.8, 4) is 0 Å². The van der Waals surface area contributed by atoms with E-state index in [0.717, 1.165) is 5.92 Å². The Balaban J connectivity index is 2.02. The molecule has 1 aliphatic carbocycles. The fraction of sp³-hybridized carbons (Fsp3) is 1.00. The normalized spacial score (nSPS) is 18.8. The summed E-state index contributed by atoms with van der Waals surface area (Å²) in [6, 6.07) is 0. The summed E-state index contributed by atoms with van der Waals surface area (Å²) in [6.07, 6.45) is 2.18. The van der Waals surface area contributed by atoms with Gasteiger partial charge in [0.2, 0.25) is 0 Å². The van der Waals surface area contributed by atoms with Crippen LogP contribution in [-0.4, -0.2) is 50.2 Å². The number of hydrogen-bond donors (Lipinski definition) is 2. The van der Waals surface area contributed by atoms with Crippen LogP contribution in [0.3, 0.4) is 0 Å². The Hall–Kier alpha value is -0.160. The summed E-state index contributed by atoms with van der Waals surface area (Å²) in [5, 5.41) is 13.1. The van der Waals surface area contributed by atoms with Crippen LogP contribution in [0.2, 0.25) is 0 Å². The zero-order valence-corrected chi connectivity index (χ0v) is 10.7. The molecule has 0 saturated heterocycles. The topological polar surface area (TPSA) is 50.7 Å². The molecule has 1 fully saturated rings. The maximum Gasteiger partial charge on any atom is 0.0897 e. The molecule has 0 aromatic carbocycles. The molecule has 2 N–H and O–H groups in total. The van der Waals surface area contributed by atoms with Crippen molar-refractivity contribution in [3.63, 3.8) is 0 Å². The smallest absolute Gasteiger partial charge is 0.0897 e. The van der Waals surface area contributed by atoms with E-state index in [1.54, 1.807) is 7.11 Å². The second-order valence-corrected chi connectivity index (χ2v) is 5.10. The van der Waals surface area contributed by atoms with Crippen molar-refractivity contribution >= 4 is 0 Å². The lowest BCUT2D eigenvalue weighted by molar-refractivity contribution is 0.0111. The van der Waals surface area contributed by atoms with Crippen molar-refractivity contribution in [1.82, 2.24) is 5.32 Å². The van der Waals surface area contributed by atoms with Crippen LogP contribution >= 0.6 is 0 Å². The van der Waals surface area contributed by atoms with Crippen molar-refractivity contribution in [2.24, 2.45) is 5.92 Å². The lowest BCUT2D eigenvalue weighted by atomic mass is 9.98. The highest BCUT2D eigenvalue weighted by atomic mass is 16.5. The first-order valence-electron chi connectivity index (χ1n) is 6.06. The van der Waals surface area contributed by atoms with Crippen molar-refractivity contribution < 1.29 is 14.6 Å². The lowest BCUT2D eigenvalue weighted by Crippen LogP contribution is -2.46. The molecule has 0 amide bonds. The first kappa shape index (κ1) is 13.9. The standard InChI is InChI=1S/C12H25NO3/c1-12(2,10-4-5-10)13-8-11(14)9-16-7-6-15-3/h10-11,13-14H,4-9H2,1-3H3. The van der Waals surface area contributed by atoms with Crippen molar-refractivity contribution in [3.05, 3.63) is 0 Å². The monoisotopic (exact) mass is 231 g/mol. The largest absolute Gasteiger partial charge is 0.389 e. The average molecular weight is 231 g/mol. The highest BCUT2D eigenvalue weighted by Gasteiger charge is 2.37. The van der Waals surface area contributed by atoms with Gasteiger partial charge in [0, 0.05) is 19.2 Å². The van der Waals surface area contributed by atoms with E-state index in [9.17, 15) is 5.11 Å². The number of nitrogens with one attached hydrogen (secondary N) is 1. The SMILES string of the molecule is COCCOCC(O)CNC(C)(C)C1CC1. The Morgan fingerprint density at radius 3 is 2.62 bits per heavy atom. The third-order valence-corrected chi connectivity index (χ3v) is 3.13. The lowest BCUT2D eigenvalue weighted by Gasteiger charge is -2.27. The first-order valence-corrected chi connectivity index (χ1v) is 6.06. The van der Waals surface area contributed by atoms with E-state index >= 15 is 0 Å². The number of rotatable bonds is 9. The Kier molecular flexibility index (Phi) is 5.69. The zero-order valence-electron chi connectivity index (χ0n) is 10.7. The Morgan fingerprint density at radius 1 is 1.38 bits per heavy atom. The molecule has 0 heterocycles. The van der Waals surface area contributed by atoms with Gasteiger partial charge in [-0.1, -0.05) is 0 Å². The molecule has 0 radical (unpaired) electrons. The number of methoxy groups -OCH3 is 1. The molecule has 0 aliphatic heterocycles. The van der Waals surface area contributed by atoms with Gasteiger partial charge in [-0.25, -0.2) is 0 Å². The van der Waals surface area contributed by atoms with Gasteiger partial charge in [-0.3, -0.25) is 0 Å². The number of hydrogen-bond acceptors (Lipinski definition) is 4. The second-order valence-electron chi connectivity index (χ2n) is 5.10. The molecule has 0 bridgehead atoms. The summed E-state index contributed by atoms with van der Waals surface area (Å²) in [7, 11) is 1.64. The molecular formula is C12H25NO3. The third kappa shape index (κ3) is 5.25. The Morgan fingerprint density at radius 2 is 2.06 bits per heavy atom. The molecule has 0 spiro atoms. The summed E-state index contributed by atoms with van der Waals surface area (Å²) < 4.78 is 10.1. The molecule has 1 unspecified atom stereocenters. The van der Waals surface area contributed by atoms with E-state index in [1.165, 1.54) is 12.8 Å². The van der Waals surface area contributed by atoms with E-state index in [1.807, 2.05) is 0 Å². The maximum absolute atomic E-state index is 9.69. The predicted molar refractivity (Wildman–Crippen MR) is 63.5 cm³/mol. The second kappa shape index (κ2) is 6.55. The van der Waals surface area contributed by atoms with Crippen LogP contribution in [0, 0.1) is 5.92 Å². The van der Waals surface area contributed by atoms with Crippen LogP contribution in [0.15, 0.2) is 0 Å². The molecule has 96 valence electrons. The number of ether oxygens (including phenoxy) is 2. The molecule has 4 heteroatoms. The van der Waals surface area contributed by atoms with Crippen LogP contribution in [0.4, 0.5) is 0 Å². The molecule has 0 aromatic heterocycles. The number of aliphatic hydroxyl groups is 1. The zero-order chi connectivity index (χ0) is 12.0. The van der Waals surface area contributed by atoms with E-state index in [0.29, 0.717) is 26.4 Å². The minimum Gasteiger partial charge on any atom is -0.389 e. The van der Waals surface area contributed by atoms with E-state index < -0.39 is 6.10 Å². The summed E-state index contributed by atoms with van der Waals surface area (Å²) in [5.74, 6) is 0.772. The van der Waals surface area contributed by atoms with E-state index in [2.05, 4.69) is 19.2 Å². The summed E-state index contributed by atoms with van der Waals surface area (Å²) >= 11 is 0. The Bertz CT molecular complexity index is 193. The molecule has 0 aromatic rings. The van der Waals surface area contributed by atoms with Crippen molar-refractivity contribution in [2.75, 3.05) is 33.5 Å². The average Bonchev–Trinajstić information content (AvgIpc) is 3.05. The van der Waals surface area contributed by atoms with Gasteiger partial charge in [0.25, 0.3) is 0 Å². The maximum atomic E-state index is 9.69. The van der Waals surface area contributed by atoms with Gasteiger partial charge in [-0.2, -0.15) is 0 Å². The quantitative estimate of drug-likeness (QED) is 0.576. The van der Waals surface area contributed by atoms with Crippen LogP contribution in [-0.2, 0) is 9.47 Å². The van der Waals surface area contributed by atoms with Crippen LogP contribution in [0.5, 0.6) is 0 Å². The summed E-state index contributed by atoms with van der Waals surface area (Å²) in [6.45, 7) is 6.48. The molecule has 1 rings (SSSR count). The number of β-amino-alcohol motifs (C(OH)–C–C–N with tert-alkyl or cyclic N) is 1. The molecular weight excluding hydrogens is 206 g/mol. The highest BCUT2D eigenvalue weighted by molar-refractivity contribution is 4.94. The molecule has 1 aliphatic rings. The predicted octanol–water partition coefficient (Wildman–Crippen LogP) is 0.788. The minimum absolute atomic E-state index is 0.146. The van der Waals surface area contributed by atoms with E-state index in [4.69, 9.17) is 9.47 Å². The van der Waals surface area contributed by atoms with Crippen molar-refractivity contribution in [2.45, 2.75) is 38.3 Å². The third-order valence-electron chi connectivity index (χ3n) is 3.13. The van der Waals surface area contributed by atoms with Gasteiger partial charge in [-0.05, 0) is 32.6 Å². The molecule has 1 saturated carbocycles. The van der Waals surface area contributed by atoms with Gasteiger partial charge in [0.15, 0.2) is 0 Å². The van der Waals surface area contributed by atoms with Gasteiger partial charge in [-0.15, -0.1) is 0 Å². The van der Waals surface area contributed by atoms with Gasteiger partial charge in [0.05, 0.1) is 25.9 Å². The van der Waals surface area contributed by atoms with Crippen LogP contribution in [0.1, 0.15) is 26.7 Å². The minimum atomic E-state index is -0.435. The van der Waals surface area contributed by atoms with E-state index in [-0.39, 0.29) is 5.54 Å². The van der Waals surface area contributed by atoms with Gasteiger partial charge >= 0.3 is 0 Å². The van der Waals surface area contributed by atoms with Gasteiger partial charge in [0.1, 0.15) is 0 Å². The molecule has 1 atom stereocenters. The summed E-state index contributed by atoms with van der Waals surface area (Å²) in [5.41, 5.74) is 0.146. The fourth-order valence-corrected chi connectivity index (χ4v) is 1.75. The fourth-order valence-electron chi connectivity index (χ4n) is 1.75. The molecule has 16 heavy (non-hydrogen) atoms. The summed E-state index contributed by atoms with van der Waals surface area (Å²) in [4.78, 5) is 0. The van der Waals surface area contributed by atoms with Gasteiger partial charge < -0.3 is 19.9 Å². The van der Waals surface area contributed by atoms with Crippen LogP contribution < -0.4 is 5.32 Å². The van der Waals surface area contributed by atoms with Crippen molar-refractivity contribution in [1.29, 1.82) is 0 Å². The Labute approximate surface area is 98.3 Å². The first-order chi connectivity index (χ1) is 7.56. The molecule has 4 nitrogen and oxygen atoms in total. The number of aliphatic hydroxyl groups excluding tert-OH is 1. The highest BCUT2D eigenvalue weighted by Crippen LogP contribution is 2.39.